The maximum absolute atomic E-state index is 13.5. The lowest BCUT2D eigenvalue weighted by atomic mass is 9.85. The lowest BCUT2D eigenvalue weighted by molar-refractivity contribution is -0.157. The number of rotatable bonds is 5. The molecule has 236 valence electrons. The highest BCUT2D eigenvalue weighted by Crippen LogP contribution is 2.30. The summed E-state index contributed by atoms with van der Waals surface area (Å²) >= 11 is 0. The number of carbonyl (C=O) groups is 5. The maximum Gasteiger partial charge on any atom is 0.405 e. The molecule has 1 aliphatic carbocycles. The molecule has 43 heavy (non-hydrogen) atoms. The van der Waals surface area contributed by atoms with E-state index in [0.717, 1.165) is 6.08 Å². The molecule has 0 spiro atoms. The first-order valence-electron chi connectivity index (χ1n) is 13.8. The number of hydrogen-bond acceptors (Lipinski definition) is 10. The third-order valence-electron chi connectivity index (χ3n) is 7.21. The van der Waals surface area contributed by atoms with Crippen molar-refractivity contribution in [2.24, 2.45) is 17.6 Å². The van der Waals surface area contributed by atoms with Gasteiger partial charge in [-0.2, -0.15) is 0 Å². The maximum atomic E-state index is 13.5. The van der Waals surface area contributed by atoms with Crippen LogP contribution in [-0.4, -0.2) is 75.3 Å². The van der Waals surface area contributed by atoms with Crippen molar-refractivity contribution in [3.63, 3.8) is 0 Å². The van der Waals surface area contributed by atoms with Crippen molar-refractivity contribution < 1.29 is 47.7 Å². The number of hydrogen-bond donors (Lipinski definition) is 2. The summed E-state index contributed by atoms with van der Waals surface area (Å²) in [6.45, 7) is 8.23. The number of esters is 1. The number of amides is 2. The third kappa shape index (κ3) is 9.48. The van der Waals surface area contributed by atoms with Crippen molar-refractivity contribution in [3.8, 4) is 0 Å². The van der Waals surface area contributed by atoms with Gasteiger partial charge in [-0.3, -0.25) is 19.2 Å². The minimum absolute atomic E-state index is 0.0977. The fraction of sp³-hybridized carbons (Fsp3) is 0.516. The van der Waals surface area contributed by atoms with Gasteiger partial charge in [0.25, 0.3) is 5.91 Å². The first kappa shape index (κ1) is 35.2. The van der Waals surface area contributed by atoms with E-state index in [1.54, 1.807) is 19.1 Å². The van der Waals surface area contributed by atoms with Crippen LogP contribution in [0.2, 0.25) is 0 Å². The van der Waals surface area contributed by atoms with Crippen LogP contribution in [0.15, 0.2) is 58.6 Å². The van der Waals surface area contributed by atoms with Crippen LogP contribution in [0.25, 0.3) is 0 Å². The van der Waals surface area contributed by atoms with Crippen LogP contribution in [0.5, 0.6) is 0 Å². The van der Waals surface area contributed by atoms with E-state index in [9.17, 15) is 24.0 Å². The molecule has 2 amide bonds. The van der Waals surface area contributed by atoms with Gasteiger partial charge in [0, 0.05) is 44.3 Å². The highest BCUT2D eigenvalue weighted by molar-refractivity contribution is 6.23. The topological polar surface area (TPSA) is 170 Å². The number of ether oxygens (including phenoxy) is 5. The summed E-state index contributed by atoms with van der Waals surface area (Å²) in [5, 5.41) is 2.52. The fourth-order valence-electron chi connectivity index (χ4n) is 5.14. The number of methoxy groups -OCH3 is 3. The molecule has 2 aliphatic rings. The molecule has 0 aromatic carbocycles. The minimum Gasteiger partial charge on any atom is -0.492 e. The van der Waals surface area contributed by atoms with Gasteiger partial charge >= 0.3 is 12.1 Å². The van der Waals surface area contributed by atoms with Gasteiger partial charge in [-0.15, -0.1) is 0 Å². The average molecular weight is 603 g/mol. The van der Waals surface area contributed by atoms with Crippen molar-refractivity contribution in [2.75, 3.05) is 21.3 Å². The molecule has 0 fully saturated rings. The van der Waals surface area contributed by atoms with Crippen LogP contribution in [0.3, 0.4) is 0 Å². The molecular formula is C31H42N2O10. The Hall–Kier alpha value is -4.03. The monoisotopic (exact) mass is 602 g/mol. The molecule has 6 atom stereocenters. The lowest BCUT2D eigenvalue weighted by Crippen LogP contribution is -2.39. The molecule has 0 radical (unpaired) electrons. The quantitative estimate of drug-likeness (QED) is 0.271. The van der Waals surface area contributed by atoms with Gasteiger partial charge in [-0.05, 0) is 38.2 Å². The Kier molecular flexibility index (Phi) is 13.1. The smallest absolute Gasteiger partial charge is 0.405 e. The molecule has 0 aromatic rings. The first-order valence-corrected chi connectivity index (χ1v) is 13.8. The average Bonchev–Trinajstić information content (AvgIpc) is 2.93. The van der Waals surface area contributed by atoms with Crippen molar-refractivity contribution in [2.45, 2.75) is 71.9 Å². The zero-order chi connectivity index (χ0) is 32.4. The Labute approximate surface area is 251 Å². The molecule has 1 aliphatic heterocycles. The predicted octanol–water partition coefficient (Wildman–Crippen LogP) is 2.98. The van der Waals surface area contributed by atoms with E-state index in [4.69, 9.17) is 29.4 Å². The number of ketones is 2. The summed E-state index contributed by atoms with van der Waals surface area (Å²) in [7, 11) is 4.21. The second kappa shape index (κ2) is 16.0. The number of carbonyl (C=O) groups excluding carboxylic acids is 5. The summed E-state index contributed by atoms with van der Waals surface area (Å²) in [6, 6.07) is 0. The largest absolute Gasteiger partial charge is 0.492 e. The van der Waals surface area contributed by atoms with Crippen LogP contribution >= 0.6 is 0 Å². The highest BCUT2D eigenvalue weighted by atomic mass is 16.6. The van der Waals surface area contributed by atoms with E-state index in [1.807, 2.05) is 13.8 Å². The number of nitrogens with two attached hydrogens (primary N) is 1. The van der Waals surface area contributed by atoms with Crippen molar-refractivity contribution in [3.05, 3.63) is 58.6 Å². The number of fused-ring (bicyclic) bond motifs is 2. The first-order chi connectivity index (χ1) is 20.2. The van der Waals surface area contributed by atoms with Crippen LogP contribution in [0.4, 0.5) is 4.79 Å². The van der Waals surface area contributed by atoms with Crippen molar-refractivity contribution in [1.29, 1.82) is 0 Å². The number of Topliss-reactive ketones (excluding diaryl/α,β-unsaturated/α-hetero) is 1. The van der Waals surface area contributed by atoms with Gasteiger partial charge < -0.3 is 34.7 Å². The van der Waals surface area contributed by atoms with Gasteiger partial charge in [-0.25, -0.2) is 4.79 Å². The highest BCUT2D eigenvalue weighted by Gasteiger charge is 2.35. The van der Waals surface area contributed by atoms with E-state index < -0.39 is 59.9 Å². The van der Waals surface area contributed by atoms with Gasteiger partial charge in [0.2, 0.25) is 11.6 Å². The van der Waals surface area contributed by atoms with Crippen LogP contribution < -0.4 is 11.1 Å². The predicted molar refractivity (Wildman–Crippen MR) is 156 cm³/mol. The number of primary amides is 1. The van der Waals surface area contributed by atoms with Crippen molar-refractivity contribution in [1.82, 2.24) is 5.32 Å². The molecule has 6 unspecified atom stereocenters. The van der Waals surface area contributed by atoms with Crippen LogP contribution in [-0.2, 0) is 42.9 Å². The zero-order valence-electron chi connectivity index (χ0n) is 25.9. The van der Waals surface area contributed by atoms with Gasteiger partial charge in [0.15, 0.2) is 11.9 Å². The zero-order valence-corrected chi connectivity index (χ0v) is 25.9. The molecule has 1 heterocycles. The second-order valence-electron chi connectivity index (χ2n) is 10.7. The second-order valence-corrected chi connectivity index (χ2v) is 10.7. The Bertz CT molecular complexity index is 1260. The van der Waals surface area contributed by atoms with E-state index in [0.29, 0.717) is 12.0 Å². The Morgan fingerprint density at radius 3 is 2.26 bits per heavy atom. The van der Waals surface area contributed by atoms with E-state index >= 15 is 0 Å². The fourth-order valence-corrected chi connectivity index (χ4v) is 5.14. The van der Waals surface area contributed by atoms with E-state index in [-0.39, 0.29) is 34.9 Å². The minimum atomic E-state index is -1.02. The summed E-state index contributed by atoms with van der Waals surface area (Å²) in [6.07, 6.45) is 3.68. The summed E-state index contributed by atoms with van der Waals surface area (Å²) in [5.41, 5.74) is 6.11. The molecule has 0 saturated heterocycles. The van der Waals surface area contributed by atoms with Crippen LogP contribution in [0.1, 0.15) is 47.5 Å². The van der Waals surface area contributed by atoms with Crippen LogP contribution in [0, 0.1) is 11.8 Å². The van der Waals surface area contributed by atoms with Gasteiger partial charge in [-0.1, -0.05) is 38.2 Å². The molecule has 2 rings (SSSR count). The van der Waals surface area contributed by atoms with Gasteiger partial charge in [0.1, 0.15) is 12.2 Å². The van der Waals surface area contributed by atoms with E-state index in [2.05, 4.69) is 5.32 Å². The Morgan fingerprint density at radius 1 is 1.02 bits per heavy atom. The molecule has 12 nitrogen and oxygen atoms in total. The normalized spacial score (nSPS) is 31.1. The third-order valence-corrected chi connectivity index (χ3v) is 7.21. The molecule has 3 N–H and O–H groups in total. The Balaban J connectivity index is 2.70. The van der Waals surface area contributed by atoms with Crippen molar-refractivity contribution >= 4 is 29.5 Å². The molecular weight excluding hydrogens is 560 g/mol. The number of nitrogens with one attached hydrogen (secondary N) is 1. The van der Waals surface area contributed by atoms with Gasteiger partial charge in [0.05, 0.1) is 18.9 Å². The number of allylic oxidation sites excluding steroid dienone is 4. The summed E-state index contributed by atoms with van der Waals surface area (Å²) in [4.78, 5) is 63.2. The molecule has 0 saturated carbocycles. The lowest BCUT2D eigenvalue weighted by Gasteiger charge is -2.32. The standard InChI is InChI=1S/C31H42N2O10/c1-16-12-21-26(36)22(15-23(35)29(21)41-8)33-30(37)17(2)10-9-11-24(39-6)27(43-31(32)38)18(3)14-19(4)28(42-20(5)34)25(13-16)40-7/h9-11,14-16,19,24-25,27-28H,12-13H2,1-8H3,(H2,32,38)(H,33,37)/b11-9-,17-10-,18-14-. The van der Waals surface area contributed by atoms with E-state index in [1.165, 1.54) is 47.3 Å². The Morgan fingerprint density at radius 2 is 1.70 bits per heavy atom. The molecule has 12 heteroatoms. The summed E-state index contributed by atoms with van der Waals surface area (Å²) in [5.74, 6) is -3.01. The SMILES string of the molecule is COC1=C2CC(C)CC(OC)C(OC(C)=O)C(C)/C=C(/C)C(OC(N)=O)C(OC)/C=C\C=C(\C)C(=O)NC(=CC1=O)C2=O. The molecule has 0 aromatic heterocycles. The molecule has 2 bridgehead atoms. The summed E-state index contributed by atoms with van der Waals surface area (Å²) < 4.78 is 27.7.